The number of amides is 1. The van der Waals surface area contributed by atoms with Crippen LogP contribution >= 0.6 is 11.8 Å². The van der Waals surface area contributed by atoms with Crippen molar-refractivity contribution >= 4 is 17.7 Å². The number of rotatable bonds is 6. The van der Waals surface area contributed by atoms with Gasteiger partial charge in [0.2, 0.25) is 5.91 Å². The van der Waals surface area contributed by atoms with Crippen molar-refractivity contribution in [2.45, 2.75) is 37.7 Å². The van der Waals surface area contributed by atoms with Crippen LogP contribution in [-0.4, -0.2) is 65.9 Å². The second-order valence-corrected chi connectivity index (χ2v) is 7.61. The summed E-state index contributed by atoms with van der Waals surface area (Å²) in [6.07, 6.45) is 1.18. The predicted octanol–water partition coefficient (Wildman–Crippen LogP) is 2.31. The third-order valence-corrected chi connectivity index (χ3v) is 5.42. The van der Waals surface area contributed by atoms with Gasteiger partial charge in [-0.15, -0.1) is 11.8 Å². The summed E-state index contributed by atoms with van der Waals surface area (Å²) in [6, 6.07) is 6.55. The first-order valence-electron chi connectivity index (χ1n) is 8.30. The van der Waals surface area contributed by atoms with Gasteiger partial charge in [0.15, 0.2) is 0 Å². The number of piperidine rings is 1. The normalized spacial score (nSPS) is 16.1. The Hall–Kier alpha value is -1.04. The molecule has 4 nitrogen and oxygen atoms in total. The summed E-state index contributed by atoms with van der Waals surface area (Å²) in [7, 11) is 2.00. The minimum Gasteiger partial charge on any atom is -0.393 e. The zero-order valence-corrected chi connectivity index (χ0v) is 15.2. The monoisotopic (exact) mass is 336 g/mol. The van der Waals surface area contributed by atoms with Crippen LogP contribution < -0.4 is 0 Å². The van der Waals surface area contributed by atoms with E-state index in [2.05, 4.69) is 36.9 Å². The first-order valence-corrected chi connectivity index (χ1v) is 9.28. The number of aliphatic hydroxyl groups excluding tert-OH is 1. The van der Waals surface area contributed by atoms with E-state index in [1.807, 2.05) is 23.7 Å². The summed E-state index contributed by atoms with van der Waals surface area (Å²) in [4.78, 5) is 17.5. The number of aliphatic hydroxyl groups is 1. The van der Waals surface area contributed by atoms with Gasteiger partial charge in [-0.2, -0.15) is 0 Å². The molecule has 1 aliphatic rings. The smallest absolute Gasteiger partial charge is 0.236 e. The lowest BCUT2D eigenvalue weighted by atomic mass is 10.1. The number of likely N-dealkylation sites (tertiary alicyclic amines) is 1. The fourth-order valence-electron chi connectivity index (χ4n) is 2.65. The molecule has 0 aliphatic carbocycles. The van der Waals surface area contributed by atoms with Crippen molar-refractivity contribution < 1.29 is 9.90 Å². The van der Waals surface area contributed by atoms with E-state index in [0.29, 0.717) is 32.5 Å². The minimum absolute atomic E-state index is 0.176. The molecule has 0 aromatic heterocycles. The second-order valence-electron chi connectivity index (χ2n) is 6.44. The Morgan fingerprint density at radius 3 is 2.65 bits per heavy atom. The summed E-state index contributed by atoms with van der Waals surface area (Å²) in [5.74, 6) is 1.15. The van der Waals surface area contributed by atoms with E-state index in [9.17, 15) is 9.90 Å². The van der Waals surface area contributed by atoms with Gasteiger partial charge in [-0.1, -0.05) is 6.07 Å². The Morgan fingerprint density at radius 2 is 2.00 bits per heavy atom. The molecule has 128 valence electrons. The molecule has 1 heterocycles. The molecule has 1 aromatic rings. The number of hydrogen-bond acceptors (Lipinski definition) is 4. The zero-order chi connectivity index (χ0) is 16.8. The molecule has 1 amide bonds. The maximum absolute atomic E-state index is 12.2. The Kier molecular flexibility index (Phi) is 6.93. The van der Waals surface area contributed by atoms with E-state index < -0.39 is 0 Å². The fourth-order valence-corrected chi connectivity index (χ4v) is 3.71. The van der Waals surface area contributed by atoms with Crippen molar-refractivity contribution in [3.63, 3.8) is 0 Å². The van der Waals surface area contributed by atoms with Crippen molar-refractivity contribution in [3.8, 4) is 0 Å². The number of carbonyl (C=O) groups excluding carboxylic acids is 1. The number of thioether (sulfide) groups is 1. The third-order valence-electron chi connectivity index (χ3n) is 4.44. The van der Waals surface area contributed by atoms with Gasteiger partial charge in [-0.25, -0.2) is 0 Å². The van der Waals surface area contributed by atoms with Gasteiger partial charge in [0, 0.05) is 30.3 Å². The molecule has 0 spiro atoms. The van der Waals surface area contributed by atoms with Gasteiger partial charge in [0.25, 0.3) is 0 Å². The maximum Gasteiger partial charge on any atom is 0.236 e. The molecular weight excluding hydrogens is 308 g/mol. The van der Waals surface area contributed by atoms with E-state index in [0.717, 1.165) is 12.3 Å². The van der Waals surface area contributed by atoms with E-state index >= 15 is 0 Å². The summed E-state index contributed by atoms with van der Waals surface area (Å²) in [5.41, 5.74) is 2.65. The number of benzene rings is 1. The average Bonchev–Trinajstić information content (AvgIpc) is 2.51. The lowest BCUT2D eigenvalue weighted by Crippen LogP contribution is -2.44. The molecule has 1 aromatic carbocycles. The molecule has 0 radical (unpaired) electrons. The van der Waals surface area contributed by atoms with Gasteiger partial charge < -0.3 is 10.0 Å². The van der Waals surface area contributed by atoms with Crippen molar-refractivity contribution in [2.24, 2.45) is 0 Å². The maximum atomic E-state index is 12.2. The van der Waals surface area contributed by atoms with Crippen LogP contribution in [0.4, 0.5) is 0 Å². The zero-order valence-electron chi connectivity index (χ0n) is 14.4. The van der Waals surface area contributed by atoms with Crippen molar-refractivity contribution in [1.29, 1.82) is 0 Å². The quantitative estimate of drug-likeness (QED) is 0.810. The van der Waals surface area contributed by atoms with Crippen LogP contribution in [-0.2, 0) is 4.79 Å². The molecule has 0 saturated carbocycles. The van der Waals surface area contributed by atoms with Crippen LogP contribution in [0.1, 0.15) is 24.0 Å². The van der Waals surface area contributed by atoms with E-state index in [1.54, 1.807) is 0 Å². The number of nitrogens with zero attached hydrogens (tertiary/aromatic N) is 2. The van der Waals surface area contributed by atoms with Gasteiger partial charge >= 0.3 is 0 Å². The van der Waals surface area contributed by atoms with Crippen LogP contribution in [0.15, 0.2) is 23.1 Å². The Balaban J connectivity index is 1.69. The summed E-state index contributed by atoms with van der Waals surface area (Å²) >= 11 is 1.83. The van der Waals surface area contributed by atoms with Gasteiger partial charge in [0.05, 0.1) is 12.6 Å². The highest BCUT2D eigenvalue weighted by Crippen LogP contribution is 2.21. The van der Waals surface area contributed by atoms with Crippen LogP contribution in [0.5, 0.6) is 0 Å². The minimum atomic E-state index is -0.230. The molecule has 23 heavy (non-hydrogen) atoms. The van der Waals surface area contributed by atoms with Crippen LogP contribution in [0.2, 0.25) is 0 Å². The first-order chi connectivity index (χ1) is 11.0. The molecule has 1 saturated heterocycles. The molecule has 5 heteroatoms. The molecular formula is C18H28N2O2S. The standard InChI is InChI=1S/C18H28N2O2S/c1-14-4-5-17(12-15(14)2)23-11-10-19(3)13-18(22)20-8-6-16(21)7-9-20/h4-5,12,16,21H,6-11,13H2,1-3H3. The predicted molar refractivity (Wildman–Crippen MR) is 96.0 cm³/mol. The largest absolute Gasteiger partial charge is 0.393 e. The SMILES string of the molecule is Cc1ccc(SCCN(C)CC(=O)N2CCC(O)CC2)cc1C. The Labute approximate surface area is 143 Å². The van der Waals surface area contributed by atoms with Crippen LogP contribution in [0.3, 0.4) is 0 Å². The third kappa shape index (κ3) is 5.83. The topological polar surface area (TPSA) is 43.8 Å². The number of hydrogen-bond donors (Lipinski definition) is 1. The summed E-state index contributed by atoms with van der Waals surface area (Å²) in [5, 5.41) is 9.50. The van der Waals surface area contributed by atoms with Gasteiger partial charge in [-0.05, 0) is 57.0 Å². The lowest BCUT2D eigenvalue weighted by Gasteiger charge is -2.31. The fraction of sp³-hybridized carbons (Fsp3) is 0.611. The Bertz CT molecular complexity index is 528. The summed E-state index contributed by atoms with van der Waals surface area (Å²) < 4.78 is 0. The highest BCUT2D eigenvalue weighted by Gasteiger charge is 2.21. The van der Waals surface area contributed by atoms with Crippen LogP contribution in [0, 0.1) is 13.8 Å². The number of likely N-dealkylation sites (N-methyl/N-ethyl adjacent to an activating group) is 1. The van der Waals surface area contributed by atoms with Crippen molar-refractivity contribution in [3.05, 3.63) is 29.3 Å². The van der Waals surface area contributed by atoms with Gasteiger partial charge in [0.1, 0.15) is 0 Å². The molecule has 1 aliphatic heterocycles. The van der Waals surface area contributed by atoms with Crippen LogP contribution in [0.25, 0.3) is 0 Å². The highest BCUT2D eigenvalue weighted by atomic mass is 32.2. The average molecular weight is 337 g/mol. The molecule has 0 bridgehead atoms. The van der Waals surface area contributed by atoms with Crippen molar-refractivity contribution in [1.82, 2.24) is 9.80 Å². The Morgan fingerprint density at radius 1 is 1.30 bits per heavy atom. The van der Waals surface area contributed by atoms with E-state index in [1.165, 1.54) is 16.0 Å². The first kappa shape index (κ1) is 18.3. The lowest BCUT2D eigenvalue weighted by molar-refractivity contribution is -0.134. The summed E-state index contributed by atoms with van der Waals surface area (Å²) in [6.45, 7) is 6.99. The van der Waals surface area contributed by atoms with Crippen molar-refractivity contribution in [2.75, 3.05) is 39.0 Å². The highest BCUT2D eigenvalue weighted by molar-refractivity contribution is 7.99. The van der Waals surface area contributed by atoms with E-state index in [4.69, 9.17) is 0 Å². The molecule has 0 atom stereocenters. The number of aryl methyl sites for hydroxylation is 2. The molecule has 0 unspecified atom stereocenters. The molecule has 1 N–H and O–H groups in total. The molecule has 1 fully saturated rings. The van der Waals surface area contributed by atoms with E-state index in [-0.39, 0.29) is 12.0 Å². The second kappa shape index (κ2) is 8.71. The van der Waals surface area contributed by atoms with Gasteiger partial charge in [-0.3, -0.25) is 9.69 Å². The molecule has 2 rings (SSSR count). The number of carbonyl (C=O) groups is 1.